The number of allylic oxidation sites excluding steroid dienone is 2. The maximum absolute atomic E-state index is 6.10. The van der Waals surface area contributed by atoms with E-state index < -0.39 is 0 Å². The van der Waals surface area contributed by atoms with E-state index in [0.29, 0.717) is 6.04 Å². The molecule has 0 bridgehead atoms. The molecule has 0 fully saturated rings. The van der Waals surface area contributed by atoms with Crippen molar-refractivity contribution in [2.24, 2.45) is 5.73 Å². The van der Waals surface area contributed by atoms with Gasteiger partial charge in [0.15, 0.2) is 0 Å². The van der Waals surface area contributed by atoms with Crippen LogP contribution in [0.5, 0.6) is 0 Å². The van der Waals surface area contributed by atoms with E-state index in [4.69, 9.17) is 5.73 Å². The summed E-state index contributed by atoms with van der Waals surface area (Å²) in [6.45, 7) is 0. The van der Waals surface area contributed by atoms with E-state index in [-0.39, 0.29) is 0 Å². The van der Waals surface area contributed by atoms with Gasteiger partial charge in [-0.25, -0.2) is 0 Å². The van der Waals surface area contributed by atoms with Crippen molar-refractivity contribution in [1.29, 1.82) is 0 Å². The summed E-state index contributed by atoms with van der Waals surface area (Å²) in [5.41, 5.74) is 9.12. The first-order chi connectivity index (χ1) is 6.38. The molecule has 0 heterocycles. The largest absolute Gasteiger partial charge is 0.324 e. The van der Waals surface area contributed by atoms with Gasteiger partial charge in [0, 0.05) is 6.04 Å². The lowest BCUT2D eigenvalue weighted by Gasteiger charge is -2.24. The van der Waals surface area contributed by atoms with Crippen LogP contribution in [0.3, 0.4) is 0 Å². The number of nitrogens with two attached hydrogens (primary N) is 1. The Bertz CT molecular complexity index is 238. The van der Waals surface area contributed by atoms with Crippen molar-refractivity contribution in [2.45, 2.75) is 51.0 Å². The molecule has 1 unspecified atom stereocenters. The average molecular weight is 177 g/mol. The fourth-order valence-electron chi connectivity index (χ4n) is 2.37. The predicted octanol–water partition coefficient (Wildman–Crippen LogP) is 2.92. The molecule has 1 atom stereocenters. The molecule has 1 heteroatoms. The first kappa shape index (κ1) is 9.01. The van der Waals surface area contributed by atoms with E-state index in [1.165, 1.54) is 50.5 Å². The van der Waals surface area contributed by atoms with Crippen LogP contribution in [0.4, 0.5) is 0 Å². The molecule has 0 radical (unpaired) electrons. The predicted molar refractivity (Wildman–Crippen MR) is 56.5 cm³/mol. The van der Waals surface area contributed by atoms with Crippen molar-refractivity contribution in [3.63, 3.8) is 0 Å². The minimum Gasteiger partial charge on any atom is -0.324 e. The van der Waals surface area contributed by atoms with Gasteiger partial charge in [-0.3, -0.25) is 0 Å². The van der Waals surface area contributed by atoms with Crippen molar-refractivity contribution in [3.05, 3.63) is 23.3 Å². The highest BCUT2D eigenvalue weighted by Gasteiger charge is 2.17. The first-order valence-electron chi connectivity index (χ1n) is 5.53. The Morgan fingerprint density at radius 3 is 2.62 bits per heavy atom. The molecule has 0 aromatic carbocycles. The Balaban J connectivity index is 2.13. The third-order valence-electron chi connectivity index (χ3n) is 3.14. The molecule has 2 aliphatic carbocycles. The minimum atomic E-state index is 0.332. The number of hydrogen-bond donors (Lipinski definition) is 1. The lowest BCUT2D eigenvalue weighted by atomic mass is 9.84. The van der Waals surface area contributed by atoms with E-state index >= 15 is 0 Å². The van der Waals surface area contributed by atoms with Gasteiger partial charge >= 0.3 is 0 Å². The molecular weight excluding hydrogens is 158 g/mol. The first-order valence-corrected chi connectivity index (χ1v) is 5.53. The van der Waals surface area contributed by atoms with Crippen LogP contribution in [0.15, 0.2) is 23.3 Å². The van der Waals surface area contributed by atoms with Crippen molar-refractivity contribution in [1.82, 2.24) is 0 Å². The van der Waals surface area contributed by atoms with Gasteiger partial charge in [-0.15, -0.1) is 0 Å². The number of hydrogen-bond acceptors (Lipinski definition) is 1. The Morgan fingerprint density at radius 1 is 1.08 bits per heavy atom. The van der Waals surface area contributed by atoms with Crippen molar-refractivity contribution in [2.75, 3.05) is 0 Å². The zero-order chi connectivity index (χ0) is 9.10. The van der Waals surface area contributed by atoms with Gasteiger partial charge in [-0.1, -0.05) is 12.2 Å². The highest BCUT2D eigenvalue weighted by molar-refractivity contribution is 5.36. The van der Waals surface area contributed by atoms with Crippen LogP contribution in [-0.4, -0.2) is 6.04 Å². The van der Waals surface area contributed by atoms with Crippen LogP contribution in [-0.2, 0) is 0 Å². The normalized spacial score (nSPS) is 29.5. The quantitative estimate of drug-likeness (QED) is 0.654. The van der Waals surface area contributed by atoms with E-state index in [1.807, 2.05) is 0 Å². The Labute approximate surface area is 80.7 Å². The summed E-state index contributed by atoms with van der Waals surface area (Å²) in [7, 11) is 0. The van der Waals surface area contributed by atoms with Gasteiger partial charge in [0.25, 0.3) is 0 Å². The molecule has 2 aliphatic rings. The Hall–Kier alpha value is -0.560. The van der Waals surface area contributed by atoms with E-state index in [2.05, 4.69) is 12.2 Å². The SMILES string of the molecule is NC1CCCC=C1C1=CCCCC1. The molecule has 0 spiro atoms. The molecular formula is C12H19N. The van der Waals surface area contributed by atoms with Gasteiger partial charge in [0.05, 0.1) is 0 Å². The smallest absolute Gasteiger partial charge is 0.0294 e. The summed E-state index contributed by atoms with van der Waals surface area (Å²) in [4.78, 5) is 0. The van der Waals surface area contributed by atoms with Gasteiger partial charge < -0.3 is 5.73 Å². The maximum atomic E-state index is 6.10. The van der Waals surface area contributed by atoms with Crippen LogP contribution in [0.1, 0.15) is 44.9 Å². The monoisotopic (exact) mass is 177 g/mol. The van der Waals surface area contributed by atoms with E-state index in [1.54, 1.807) is 5.57 Å². The second-order valence-electron chi connectivity index (χ2n) is 4.17. The standard InChI is InChI=1S/C12H19N/c13-12-9-5-4-8-11(12)10-6-2-1-3-7-10/h6,8,12H,1-5,7,9,13H2. The zero-order valence-corrected chi connectivity index (χ0v) is 8.26. The fourth-order valence-corrected chi connectivity index (χ4v) is 2.37. The maximum Gasteiger partial charge on any atom is 0.0294 e. The number of rotatable bonds is 1. The fraction of sp³-hybridized carbons (Fsp3) is 0.667. The third kappa shape index (κ3) is 2.02. The van der Waals surface area contributed by atoms with Gasteiger partial charge in [-0.05, 0) is 56.1 Å². The average Bonchev–Trinajstić information content (AvgIpc) is 2.20. The molecule has 0 amide bonds. The summed E-state index contributed by atoms with van der Waals surface area (Å²) in [6.07, 6.45) is 13.7. The highest BCUT2D eigenvalue weighted by atomic mass is 14.6. The van der Waals surface area contributed by atoms with Crippen LogP contribution < -0.4 is 5.73 Å². The third-order valence-corrected chi connectivity index (χ3v) is 3.14. The van der Waals surface area contributed by atoms with Crippen molar-refractivity contribution >= 4 is 0 Å². The lowest BCUT2D eigenvalue weighted by molar-refractivity contribution is 0.602. The van der Waals surface area contributed by atoms with E-state index in [9.17, 15) is 0 Å². The molecule has 0 saturated carbocycles. The van der Waals surface area contributed by atoms with Crippen molar-refractivity contribution < 1.29 is 0 Å². The molecule has 13 heavy (non-hydrogen) atoms. The summed E-state index contributed by atoms with van der Waals surface area (Å²) in [5, 5.41) is 0. The van der Waals surface area contributed by atoms with Crippen LogP contribution in [0.25, 0.3) is 0 Å². The summed E-state index contributed by atoms with van der Waals surface area (Å²) >= 11 is 0. The Morgan fingerprint density at radius 2 is 1.92 bits per heavy atom. The molecule has 0 aromatic rings. The lowest BCUT2D eigenvalue weighted by Crippen LogP contribution is -2.26. The van der Waals surface area contributed by atoms with Gasteiger partial charge in [-0.2, -0.15) is 0 Å². The molecule has 2 N–H and O–H groups in total. The van der Waals surface area contributed by atoms with Gasteiger partial charge in [0.2, 0.25) is 0 Å². The second kappa shape index (κ2) is 4.10. The van der Waals surface area contributed by atoms with Crippen LogP contribution >= 0.6 is 0 Å². The topological polar surface area (TPSA) is 26.0 Å². The van der Waals surface area contributed by atoms with Crippen molar-refractivity contribution in [3.8, 4) is 0 Å². The molecule has 2 rings (SSSR count). The summed E-state index contributed by atoms with van der Waals surface area (Å²) < 4.78 is 0. The van der Waals surface area contributed by atoms with Crippen LogP contribution in [0.2, 0.25) is 0 Å². The summed E-state index contributed by atoms with van der Waals surface area (Å²) in [6, 6.07) is 0.332. The van der Waals surface area contributed by atoms with E-state index in [0.717, 1.165) is 0 Å². The zero-order valence-electron chi connectivity index (χ0n) is 8.26. The molecule has 0 aliphatic heterocycles. The molecule has 0 aromatic heterocycles. The van der Waals surface area contributed by atoms with Crippen LogP contribution in [0, 0.1) is 0 Å². The molecule has 72 valence electrons. The second-order valence-corrected chi connectivity index (χ2v) is 4.17. The Kier molecular flexibility index (Phi) is 2.84. The molecule has 1 nitrogen and oxygen atoms in total. The highest BCUT2D eigenvalue weighted by Crippen LogP contribution is 2.29. The summed E-state index contributed by atoms with van der Waals surface area (Å²) in [5.74, 6) is 0. The van der Waals surface area contributed by atoms with Gasteiger partial charge in [0.1, 0.15) is 0 Å². The molecule has 0 saturated heterocycles. The minimum absolute atomic E-state index is 0.332.